The highest BCUT2D eigenvalue weighted by molar-refractivity contribution is 5.87. The molecule has 0 aliphatic heterocycles. The van der Waals surface area contributed by atoms with E-state index in [9.17, 15) is 14.9 Å². The fourth-order valence-electron chi connectivity index (χ4n) is 3.36. The molecule has 0 unspecified atom stereocenters. The zero-order valence-corrected chi connectivity index (χ0v) is 18.8. The molecular formula is C25H31N3O3. The normalized spacial score (nSPS) is 12.8. The molecule has 0 aromatic heterocycles. The second kappa shape index (κ2) is 11.3. The first kappa shape index (κ1) is 24.1. The summed E-state index contributed by atoms with van der Waals surface area (Å²) in [6.07, 6.45) is 0. The van der Waals surface area contributed by atoms with E-state index in [4.69, 9.17) is 4.74 Å². The van der Waals surface area contributed by atoms with E-state index in [1.165, 1.54) is 7.11 Å². The lowest BCUT2D eigenvalue weighted by molar-refractivity contribution is -0.146. The van der Waals surface area contributed by atoms with Crippen molar-refractivity contribution in [1.29, 1.82) is 5.26 Å². The van der Waals surface area contributed by atoms with Gasteiger partial charge >= 0.3 is 5.97 Å². The van der Waals surface area contributed by atoms with E-state index in [0.717, 1.165) is 16.7 Å². The van der Waals surface area contributed by atoms with Crippen molar-refractivity contribution in [2.45, 2.75) is 46.3 Å². The average molecular weight is 422 g/mol. The fourth-order valence-corrected chi connectivity index (χ4v) is 3.36. The minimum Gasteiger partial charge on any atom is -0.467 e. The van der Waals surface area contributed by atoms with E-state index >= 15 is 0 Å². The van der Waals surface area contributed by atoms with E-state index in [1.54, 1.807) is 6.07 Å². The molecule has 2 rings (SSSR count). The first-order chi connectivity index (χ1) is 14.8. The van der Waals surface area contributed by atoms with Gasteiger partial charge in [0.25, 0.3) is 0 Å². The maximum absolute atomic E-state index is 12.8. The van der Waals surface area contributed by atoms with Crippen LogP contribution in [0.25, 0.3) is 11.1 Å². The van der Waals surface area contributed by atoms with Crippen LogP contribution in [-0.4, -0.2) is 31.1 Å². The van der Waals surface area contributed by atoms with E-state index in [0.29, 0.717) is 12.1 Å². The lowest BCUT2D eigenvalue weighted by atomic mass is 9.98. The standard InChI is InChI=1S/C25H31N3O3/c1-16(2)22(24(29)28-23(17(3)4)25(30)31-5)27-15-18-10-12-19(13-11-18)21-9-7-6-8-20(21)14-26/h6-13,16-17,22-23,27H,15H2,1-5H3,(H,28,29)/t22-,23-/m0/s1. The van der Waals surface area contributed by atoms with Gasteiger partial charge in [0.1, 0.15) is 6.04 Å². The number of ether oxygens (including phenoxy) is 1. The van der Waals surface area contributed by atoms with Crippen molar-refractivity contribution in [2.75, 3.05) is 7.11 Å². The van der Waals surface area contributed by atoms with Gasteiger partial charge in [0.05, 0.1) is 24.8 Å². The summed E-state index contributed by atoms with van der Waals surface area (Å²) in [5, 5.41) is 15.4. The Morgan fingerprint density at radius 2 is 1.58 bits per heavy atom. The zero-order chi connectivity index (χ0) is 23.0. The molecule has 6 nitrogen and oxygen atoms in total. The predicted octanol–water partition coefficient (Wildman–Crippen LogP) is 3.65. The molecule has 2 aromatic carbocycles. The maximum Gasteiger partial charge on any atom is 0.328 e. The Labute approximate surface area is 184 Å². The topological polar surface area (TPSA) is 91.2 Å². The highest BCUT2D eigenvalue weighted by Gasteiger charge is 2.29. The summed E-state index contributed by atoms with van der Waals surface area (Å²) < 4.78 is 4.81. The molecule has 164 valence electrons. The Morgan fingerprint density at radius 1 is 0.968 bits per heavy atom. The third kappa shape index (κ3) is 6.40. The van der Waals surface area contributed by atoms with Crippen LogP contribution < -0.4 is 10.6 Å². The third-order valence-electron chi connectivity index (χ3n) is 5.21. The number of rotatable bonds is 9. The summed E-state index contributed by atoms with van der Waals surface area (Å²) >= 11 is 0. The lowest BCUT2D eigenvalue weighted by Gasteiger charge is -2.26. The molecule has 2 aromatic rings. The number of esters is 1. The summed E-state index contributed by atoms with van der Waals surface area (Å²) in [6.45, 7) is 8.15. The van der Waals surface area contributed by atoms with Crippen molar-refractivity contribution >= 4 is 11.9 Å². The number of carbonyl (C=O) groups excluding carboxylic acids is 2. The molecule has 0 bridgehead atoms. The summed E-state index contributed by atoms with van der Waals surface area (Å²) in [5.74, 6) is -0.710. The van der Waals surface area contributed by atoms with Crippen LogP contribution in [0.5, 0.6) is 0 Å². The number of benzene rings is 2. The minimum absolute atomic E-state index is 0.0345. The van der Waals surface area contributed by atoms with Crippen LogP contribution in [0.2, 0.25) is 0 Å². The predicted molar refractivity (Wildman–Crippen MR) is 121 cm³/mol. The van der Waals surface area contributed by atoms with Crippen molar-refractivity contribution in [2.24, 2.45) is 11.8 Å². The molecule has 0 radical (unpaired) electrons. The first-order valence-electron chi connectivity index (χ1n) is 10.5. The summed E-state index contributed by atoms with van der Waals surface area (Å²) in [5.41, 5.74) is 3.52. The van der Waals surface area contributed by atoms with Crippen LogP contribution in [0.3, 0.4) is 0 Å². The van der Waals surface area contributed by atoms with Crippen LogP contribution in [0.15, 0.2) is 48.5 Å². The fraction of sp³-hybridized carbons (Fsp3) is 0.400. The zero-order valence-electron chi connectivity index (χ0n) is 18.8. The van der Waals surface area contributed by atoms with E-state index in [-0.39, 0.29) is 17.7 Å². The Morgan fingerprint density at radius 3 is 2.13 bits per heavy atom. The molecule has 0 aliphatic carbocycles. The molecule has 6 heteroatoms. The molecule has 0 fully saturated rings. The number of hydrogen-bond acceptors (Lipinski definition) is 5. The summed E-state index contributed by atoms with van der Waals surface area (Å²) in [7, 11) is 1.32. The Hall–Kier alpha value is -3.17. The number of nitrogens with zero attached hydrogens (tertiary/aromatic N) is 1. The molecular weight excluding hydrogens is 390 g/mol. The number of methoxy groups -OCH3 is 1. The van der Waals surface area contributed by atoms with Crippen LogP contribution in [0.4, 0.5) is 0 Å². The lowest BCUT2D eigenvalue weighted by Crippen LogP contribution is -2.53. The second-order valence-corrected chi connectivity index (χ2v) is 8.21. The third-order valence-corrected chi connectivity index (χ3v) is 5.21. The van der Waals surface area contributed by atoms with E-state index in [2.05, 4.69) is 16.7 Å². The quantitative estimate of drug-likeness (QED) is 0.603. The van der Waals surface area contributed by atoms with Gasteiger partial charge in [-0.3, -0.25) is 4.79 Å². The highest BCUT2D eigenvalue weighted by Crippen LogP contribution is 2.23. The monoisotopic (exact) mass is 421 g/mol. The molecule has 2 atom stereocenters. The van der Waals surface area contributed by atoms with Crippen LogP contribution in [0.1, 0.15) is 38.8 Å². The smallest absolute Gasteiger partial charge is 0.328 e. The van der Waals surface area contributed by atoms with Gasteiger partial charge in [0.15, 0.2) is 0 Å². The Bertz CT molecular complexity index is 930. The number of hydrogen-bond donors (Lipinski definition) is 2. The number of carbonyl (C=O) groups is 2. The number of nitriles is 1. The molecule has 0 aliphatic rings. The van der Waals surface area contributed by atoms with Crippen molar-refractivity contribution in [1.82, 2.24) is 10.6 Å². The largest absolute Gasteiger partial charge is 0.467 e. The van der Waals surface area contributed by atoms with Crippen molar-refractivity contribution < 1.29 is 14.3 Å². The molecule has 1 amide bonds. The molecule has 31 heavy (non-hydrogen) atoms. The summed E-state index contributed by atoms with van der Waals surface area (Å²) in [4.78, 5) is 24.8. The molecule has 0 heterocycles. The van der Waals surface area contributed by atoms with Gasteiger partial charge in [-0.05, 0) is 34.6 Å². The van der Waals surface area contributed by atoms with Gasteiger partial charge in [-0.25, -0.2) is 4.79 Å². The summed E-state index contributed by atoms with van der Waals surface area (Å²) in [6, 6.07) is 16.5. The molecule has 2 N–H and O–H groups in total. The van der Waals surface area contributed by atoms with Crippen molar-refractivity contribution in [3.05, 3.63) is 59.7 Å². The highest BCUT2D eigenvalue weighted by atomic mass is 16.5. The average Bonchev–Trinajstić information content (AvgIpc) is 2.77. The van der Waals surface area contributed by atoms with Gasteiger partial charge in [0, 0.05) is 6.54 Å². The van der Waals surface area contributed by atoms with E-state index in [1.807, 2.05) is 70.2 Å². The SMILES string of the molecule is COC(=O)[C@@H](NC(=O)[C@@H](NCc1ccc(-c2ccccc2C#N)cc1)C(C)C)C(C)C. The Balaban J connectivity index is 2.07. The van der Waals surface area contributed by atoms with Crippen LogP contribution >= 0.6 is 0 Å². The van der Waals surface area contributed by atoms with Gasteiger partial charge < -0.3 is 15.4 Å². The molecule has 0 saturated heterocycles. The van der Waals surface area contributed by atoms with Gasteiger partial charge in [-0.1, -0.05) is 70.2 Å². The second-order valence-electron chi connectivity index (χ2n) is 8.21. The first-order valence-corrected chi connectivity index (χ1v) is 10.5. The molecule has 0 spiro atoms. The van der Waals surface area contributed by atoms with Gasteiger partial charge in [0.2, 0.25) is 5.91 Å². The van der Waals surface area contributed by atoms with Gasteiger partial charge in [-0.2, -0.15) is 5.26 Å². The number of nitrogens with one attached hydrogen (secondary N) is 2. The van der Waals surface area contributed by atoms with E-state index < -0.39 is 18.1 Å². The molecule has 0 saturated carbocycles. The number of amides is 1. The van der Waals surface area contributed by atoms with Crippen molar-refractivity contribution in [3.8, 4) is 17.2 Å². The van der Waals surface area contributed by atoms with Crippen LogP contribution in [0, 0.1) is 23.2 Å². The van der Waals surface area contributed by atoms with Crippen LogP contribution in [-0.2, 0) is 20.9 Å². The van der Waals surface area contributed by atoms with Crippen molar-refractivity contribution in [3.63, 3.8) is 0 Å². The maximum atomic E-state index is 12.8. The van der Waals surface area contributed by atoms with Gasteiger partial charge in [-0.15, -0.1) is 0 Å². The Kier molecular flexibility index (Phi) is 8.77. The minimum atomic E-state index is -0.681.